The molecule has 0 radical (unpaired) electrons. The molecular formula is C17H14BrFN2. The first kappa shape index (κ1) is 14.2. The molecule has 0 bridgehead atoms. The van der Waals surface area contributed by atoms with Crippen LogP contribution in [0.5, 0.6) is 0 Å². The normalized spacial score (nSPS) is 12.5. The van der Waals surface area contributed by atoms with Crippen molar-refractivity contribution in [2.45, 2.75) is 12.5 Å². The van der Waals surface area contributed by atoms with Gasteiger partial charge in [0, 0.05) is 22.1 Å². The van der Waals surface area contributed by atoms with E-state index in [-0.39, 0.29) is 11.9 Å². The van der Waals surface area contributed by atoms with Gasteiger partial charge < -0.3 is 5.73 Å². The van der Waals surface area contributed by atoms with E-state index in [0.29, 0.717) is 6.42 Å². The highest BCUT2D eigenvalue weighted by atomic mass is 79.9. The van der Waals surface area contributed by atoms with Crippen LogP contribution in [0, 0.1) is 5.82 Å². The van der Waals surface area contributed by atoms with Crippen LogP contribution in [-0.4, -0.2) is 4.98 Å². The number of fused-ring (bicyclic) bond motifs is 1. The molecule has 1 atom stereocenters. The molecule has 1 aromatic heterocycles. The lowest BCUT2D eigenvalue weighted by molar-refractivity contribution is 0.624. The van der Waals surface area contributed by atoms with Crippen molar-refractivity contribution in [2.75, 3.05) is 0 Å². The Hall–Kier alpha value is -1.78. The van der Waals surface area contributed by atoms with Gasteiger partial charge in [-0.15, -0.1) is 0 Å². The Kier molecular flexibility index (Phi) is 3.99. The van der Waals surface area contributed by atoms with Gasteiger partial charge in [-0.25, -0.2) is 4.39 Å². The minimum Gasteiger partial charge on any atom is -0.324 e. The van der Waals surface area contributed by atoms with Crippen LogP contribution in [0.4, 0.5) is 4.39 Å². The van der Waals surface area contributed by atoms with Gasteiger partial charge in [0.15, 0.2) is 0 Å². The lowest BCUT2D eigenvalue weighted by Gasteiger charge is -2.15. The highest BCUT2D eigenvalue weighted by Crippen LogP contribution is 2.27. The summed E-state index contributed by atoms with van der Waals surface area (Å²) in [4.78, 5) is 4.35. The van der Waals surface area contributed by atoms with E-state index in [1.807, 2.05) is 30.3 Å². The topological polar surface area (TPSA) is 38.9 Å². The Balaban J connectivity index is 1.95. The highest BCUT2D eigenvalue weighted by molar-refractivity contribution is 9.10. The van der Waals surface area contributed by atoms with Crippen LogP contribution in [0.25, 0.3) is 10.9 Å². The fraction of sp³-hybridized carbons (Fsp3) is 0.118. The van der Waals surface area contributed by atoms with Gasteiger partial charge in [-0.3, -0.25) is 4.98 Å². The van der Waals surface area contributed by atoms with E-state index in [1.54, 1.807) is 12.3 Å². The zero-order valence-electron chi connectivity index (χ0n) is 11.3. The van der Waals surface area contributed by atoms with Gasteiger partial charge in [0.05, 0.1) is 5.52 Å². The average Bonchev–Trinajstić information content (AvgIpc) is 2.49. The van der Waals surface area contributed by atoms with E-state index in [1.165, 1.54) is 12.1 Å². The quantitative estimate of drug-likeness (QED) is 0.765. The first-order valence-corrected chi connectivity index (χ1v) is 7.47. The number of halogens is 2. The Morgan fingerprint density at radius 2 is 1.95 bits per heavy atom. The molecule has 21 heavy (non-hydrogen) atoms. The summed E-state index contributed by atoms with van der Waals surface area (Å²) >= 11 is 3.39. The number of benzene rings is 2. The van der Waals surface area contributed by atoms with Gasteiger partial charge in [-0.2, -0.15) is 0 Å². The van der Waals surface area contributed by atoms with Gasteiger partial charge >= 0.3 is 0 Å². The molecule has 4 heteroatoms. The molecule has 0 aliphatic heterocycles. The summed E-state index contributed by atoms with van der Waals surface area (Å²) in [6, 6.07) is 14.4. The molecule has 1 unspecified atom stereocenters. The molecule has 2 N–H and O–H groups in total. The summed E-state index contributed by atoms with van der Waals surface area (Å²) in [5, 5.41) is 1.06. The Morgan fingerprint density at radius 3 is 2.76 bits per heavy atom. The summed E-state index contributed by atoms with van der Waals surface area (Å²) in [5.74, 6) is -0.256. The summed E-state index contributed by atoms with van der Waals surface area (Å²) in [5.41, 5.74) is 9.33. The molecule has 0 amide bonds. The number of para-hydroxylation sites is 1. The molecule has 0 saturated carbocycles. The van der Waals surface area contributed by atoms with E-state index in [9.17, 15) is 4.39 Å². The Morgan fingerprint density at radius 1 is 1.14 bits per heavy atom. The second-order valence-electron chi connectivity index (χ2n) is 4.96. The van der Waals surface area contributed by atoms with Crippen LogP contribution in [0.2, 0.25) is 0 Å². The zero-order chi connectivity index (χ0) is 14.8. The summed E-state index contributed by atoms with van der Waals surface area (Å²) in [6.45, 7) is 0. The summed E-state index contributed by atoms with van der Waals surface area (Å²) < 4.78 is 13.9. The molecule has 3 rings (SSSR count). The standard InChI is InChI=1S/C17H14BrFN2/c18-15-10-12(19)6-5-11(15)9-16(20)13-7-8-21-17-4-2-1-3-14(13)17/h1-8,10,16H,9,20H2. The SMILES string of the molecule is NC(Cc1ccc(F)cc1Br)c1ccnc2ccccc12. The van der Waals surface area contributed by atoms with Crippen molar-refractivity contribution in [3.8, 4) is 0 Å². The smallest absolute Gasteiger partial charge is 0.124 e. The largest absolute Gasteiger partial charge is 0.324 e. The molecule has 0 spiro atoms. The second-order valence-corrected chi connectivity index (χ2v) is 5.82. The summed E-state index contributed by atoms with van der Waals surface area (Å²) in [7, 11) is 0. The highest BCUT2D eigenvalue weighted by Gasteiger charge is 2.13. The van der Waals surface area contributed by atoms with E-state index in [2.05, 4.69) is 20.9 Å². The molecule has 2 aromatic carbocycles. The van der Waals surface area contributed by atoms with Crippen molar-refractivity contribution < 1.29 is 4.39 Å². The Bertz CT molecular complexity index is 783. The van der Waals surface area contributed by atoms with Crippen LogP contribution in [0.1, 0.15) is 17.2 Å². The third-order valence-corrected chi connectivity index (χ3v) is 4.28. The van der Waals surface area contributed by atoms with Crippen LogP contribution in [0.15, 0.2) is 59.2 Å². The second kappa shape index (κ2) is 5.92. The lowest BCUT2D eigenvalue weighted by atomic mass is 9.97. The minimum absolute atomic E-state index is 0.167. The number of pyridine rings is 1. The van der Waals surface area contributed by atoms with Crippen LogP contribution in [0.3, 0.4) is 0 Å². The summed E-state index contributed by atoms with van der Waals surface area (Å²) in [6.07, 6.45) is 2.41. The van der Waals surface area contributed by atoms with E-state index < -0.39 is 0 Å². The number of nitrogens with zero attached hydrogens (tertiary/aromatic N) is 1. The molecular weight excluding hydrogens is 331 g/mol. The van der Waals surface area contributed by atoms with Crippen molar-refractivity contribution >= 4 is 26.8 Å². The predicted molar refractivity (Wildman–Crippen MR) is 86.5 cm³/mol. The number of hydrogen-bond donors (Lipinski definition) is 1. The molecule has 0 saturated heterocycles. The maximum absolute atomic E-state index is 13.1. The first-order chi connectivity index (χ1) is 10.1. The van der Waals surface area contributed by atoms with Crippen molar-refractivity contribution in [1.29, 1.82) is 0 Å². The van der Waals surface area contributed by atoms with Gasteiger partial charge in [0.2, 0.25) is 0 Å². The number of nitrogens with two attached hydrogens (primary N) is 1. The van der Waals surface area contributed by atoms with E-state index in [0.717, 1.165) is 26.5 Å². The van der Waals surface area contributed by atoms with Crippen molar-refractivity contribution in [2.24, 2.45) is 5.73 Å². The molecule has 106 valence electrons. The van der Waals surface area contributed by atoms with Gasteiger partial charge in [-0.1, -0.05) is 40.2 Å². The maximum atomic E-state index is 13.1. The fourth-order valence-electron chi connectivity index (χ4n) is 2.48. The average molecular weight is 345 g/mol. The predicted octanol–water partition coefficient (Wildman–Crippen LogP) is 4.38. The fourth-order valence-corrected chi connectivity index (χ4v) is 2.99. The van der Waals surface area contributed by atoms with E-state index in [4.69, 9.17) is 5.73 Å². The van der Waals surface area contributed by atoms with E-state index >= 15 is 0 Å². The third kappa shape index (κ3) is 2.96. The minimum atomic E-state index is -0.256. The molecule has 0 aliphatic carbocycles. The van der Waals surface area contributed by atoms with Gasteiger partial charge in [0.25, 0.3) is 0 Å². The lowest BCUT2D eigenvalue weighted by Crippen LogP contribution is -2.14. The zero-order valence-corrected chi connectivity index (χ0v) is 12.8. The molecule has 1 heterocycles. The number of rotatable bonds is 3. The monoisotopic (exact) mass is 344 g/mol. The molecule has 2 nitrogen and oxygen atoms in total. The van der Waals surface area contributed by atoms with Crippen LogP contribution in [-0.2, 0) is 6.42 Å². The van der Waals surface area contributed by atoms with Gasteiger partial charge in [-0.05, 0) is 41.8 Å². The van der Waals surface area contributed by atoms with Crippen molar-refractivity contribution in [1.82, 2.24) is 4.98 Å². The van der Waals surface area contributed by atoms with Crippen molar-refractivity contribution in [3.05, 3.63) is 76.1 Å². The van der Waals surface area contributed by atoms with Crippen LogP contribution < -0.4 is 5.73 Å². The first-order valence-electron chi connectivity index (χ1n) is 6.68. The third-order valence-electron chi connectivity index (χ3n) is 3.54. The molecule has 0 aliphatic rings. The Labute approximate surface area is 130 Å². The molecule has 0 fully saturated rings. The number of hydrogen-bond acceptors (Lipinski definition) is 2. The van der Waals surface area contributed by atoms with Gasteiger partial charge in [0.1, 0.15) is 5.82 Å². The van der Waals surface area contributed by atoms with Crippen LogP contribution >= 0.6 is 15.9 Å². The van der Waals surface area contributed by atoms with Crippen molar-refractivity contribution in [3.63, 3.8) is 0 Å². The number of aromatic nitrogens is 1. The molecule has 3 aromatic rings. The maximum Gasteiger partial charge on any atom is 0.124 e.